The SMILES string of the molecule is CC(C(=O)Nc1ccc(OCCCC(=O)O)cc1)n1nnc(-c2ccccc2)n1. The Morgan fingerprint density at radius 1 is 1.14 bits per heavy atom. The highest BCUT2D eigenvalue weighted by molar-refractivity contribution is 5.93. The van der Waals surface area contributed by atoms with E-state index in [1.54, 1.807) is 31.2 Å². The Balaban J connectivity index is 1.54. The summed E-state index contributed by atoms with van der Waals surface area (Å²) in [6.07, 6.45) is 0.496. The number of aliphatic carboxylic acids is 1. The van der Waals surface area contributed by atoms with Crippen molar-refractivity contribution < 1.29 is 19.4 Å². The number of carboxylic acids is 1. The molecule has 0 aliphatic rings. The van der Waals surface area contributed by atoms with E-state index in [9.17, 15) is 9.59 Å². The van der Waals surface area contributed by atoms with Crippen LogP contribution in [0.15, 0.2) is 54.6 Å². The number of benzene rings is 2. The first-order chi connectivity index (χ1) is 14.0. The van der Waals surface area contributed by atoms with Crippen molar-refractivity contribution in [2.75, 3.05) is 11.9 Å². The highest BCUT2D eigenvalue weighted by Gasteiger charge is 2.19. The van der Waals surface area contributed by atoms with Crippen molar-refractivity contribution in [3.05, 3.63) is 54.6 Å². The Labute approximate surface area is 167 Å². The minimum atomic E-state index is -0.849. The van der Waals surface area contributed by atoms with Crippen molar-refractivity contribution in [3.8, 4) is 17.1 Å². The summed E-state index contributed by atoms with van der Waals surface area (Å²) in [7, 11) is 0. The number of rotatable bonds is 9. The molecule has 2 aromatic carbocycles. The minimum absolute atomic E-state index is 0.0638. The fourth-order valence-electron chi connectivity index (χ4n) is 2.49. The largest absolute Gasteiger partial charge is 0.494 e. The number of carboxylic acid groups (broad SMARTS) is 1. The Morgan fingerprint density at radius 3 is 2.55 bits per heavy atom. The van der Waals surface area contributed by atoms with Crippen molar-refractivity contribution >= 4 is 17.6 Å². The topological polar surface area (TPSA) is 119 Å². The summed E-state index contributed by atoms with van der Waals surface area (Å²) in [4.78, 5) is 24.2. The van der Waals surface area contributed by atoms with Gasteiger partial charge in [-0.1, -0.05) is 30.3 Å². The molecular weight excluding hydrogens is 374 g/mol. The predicted octanol–water partition coefficient (Wildman–Crippen LogP) is 2.78. The maximum atomic E-state index is 12.5. The third kappa shape index (κ3) is 5.61. The molecule has 1 unspecified atom stereocenters. The zero-order valence-electron chi connectivity index (χ0n) is 15.9. The molecule has 3 aromatic rings. The molecule has 1 aromatic heterocycles. The summed E-state index contributed by atoms with van der Waals surface area (Å²) in [5.74, 6) is -0.0720. The van der Waals surface area contributed by atoms with Crippen LogP contribution < -0.4 is 10.1 Å². The van der Waals surface area contributed by atoms with E-state index in [-0.39, 0.29) is 12.3 Å². The van der Waals surface area contributed by atoms with Crippen LogP contribution in [0.5, 0.6) is 5.75 Å². The molecule has 1 amide bonds. The molecule has 3 rings (SSSR count). The van der Waals surface area contributed by atoms with Crippen molar-refractivity contribution in [2.45, 2.75) is 25.8 Å². The van der Waals surface area contributed by atoms with Crippen LogP contribution in [-0.2, 0) is 9.59 Å². The van der Waals surface area contributed by atoms with E-state index >= 15 is 0 Å². The number of anilines is 1. The second-order valence-electron chi connectivity index (χ2n) is 6.33. The number of hydrogen-bond donors (Lipinski definition) is 2. The van der Waals surface area contributed by atoms with Crippen LogP contribution in [0.4, 0.5) is 5.69 Å². The molecule has 0 saturated heterocycles. The molecule has 0 aliphatic carbocycles. The van der Waals surface area contributed by atoms with Crippen molar-refractivity contribution in [2.24, 2.45) is 0 Å². The third-order valence-electron chi connectivity index (χ3n) is 4.11. The van der Waals surface area contributed by atoms with Gasteiger partial charge in [0.2, 0.25) is 5.82 Å². The molecule has 0 spiro atoms. The summed E-state index contributed by atoms with van der Waals surface area (Å²) in [5.41, 5.74) is 1.42. The van der Waals surface area contributed by atoms with Gasteiger partial charge in [0, 0.05) is 17.7 Å². The molecule has 0 bridgehead atoms. The van der Waals surface area contributed by atoms with Gasteiger partial charge in [-0.05, 0) is 42.8 Å². The Hall–Kier alpha value is -3.75. The zero-order valence-corrected chi connectivity index (χ0v) is 15.9. The van der Waals surface area contributed by atoms with Gasteiger partial charge in [-0.25, -0.2) is 0 Å². The molecule has 2 N–H and O–H groups in total. The first kappa shape index (κ1) is 20.0. The summed E-state index contributed by atoms with van der Waals surface area (Å²) >= 11 is 0. The lowest BCUT2D eigenvalue weighted by atomic mass is 10.2. The number of carbonyl (C=O) groups excluding carboxylic acids is 1. The Kier molecular flexibility index (Phi) is 6.51. The third-order valence-corrected chi connectivity index (χ3v) is 4.11. The molecule has 0 fully saturated rings. The number of nitrogens with zero attached hydrogens (tertiary/aromatic N) is 4. The highest BCUT2D eigenvalue weighted by atomic mass is 16.5. The van der Waals surface area contributed by atoms with Gasteiger partial charge in [0.25, 0.3) is 5.91 Å². The van der Waals surface area contributed by atoms with Gasteiger partial charge in [0.1, 0.15) is 11.8 Å². The summed E-state index contributed by atoms with van der Waals surface area (Å²) in [6, 6.07) is 15.6. The average Bonchev–Trinajstić information content (AvgIpc) is 3.22. The minimum Gasteiger partial charge on any atom is -0.494 e. The predicted molar refractivity (Wildman–Crippen MR) is 105 cm³/mol. The molecule has 150 valence electrons. The van der Waals surface area contributed by atoms with Crippen molar-refractivity contribution in [1.82, 2.24) is 20.2 Å². The maximum Gasteiger partial charge on any atom is 0.303 e. The number of amides is 1. The maximum absolute atomic E-state index is 12.5. The van der Waals surface area contributed by atoms with Gasteiger partial charge in [0.15, 0.2) is 0 Å². The van der Waals surface area contributed by atoms with Gasteiger partial charge in [-0.15, -0.1) is 10.2 Å². The number of hydrogen-bond acceptors (Lipinski definition) is 6. The fraction of sp³-hybridized carbons (Fsp3) is 0.250. The lowest BCUT2D eigenvalue weighted by molar-refractivity contribution is -0.137. The molecule has 9 heteroatoms. The van der Waals surface area contributed by atoms with E-state index < -0.39 is 12.0 Å². The molecule has 0 aliphatic heterocycles. The van der Waals surface area contributed by atoms with Crippen LogP contribution in [0.3, 0.4) is 0 Å². The highest BCUT2D eigenvalue weighted by Crippen LogP contribution is 2.18. The number of carbonyl (C=O) groups is 2. The van der Waals surface area contributed by atoms with Crippen LogP contribution in [0.1, 0.15) is 25.8 Å². The van der Waals surface area contributed by atoms with E-state index in [1.807, 2.05) is 30.3 Å². The average molecular weight is 395 g/mol. The Morgan fingerprint density at radius 2 is 1.86 bits per heavy atom. The van der Waals surface area contributed by atoms with E-state index in [0.717, 1.165) is 5.56 Å². The van der Waals surface area contributed by atoms with E-state index in [4.69, 9.17) is 9.84 Å². The van der Waals surface area contributed by atoms with Gasteiger partial charge >= 0.3 is 5.97 Å². The van der Waals surface area contributed by atoms with Gasteiger partial charge < -0.3 is 15.2 Å². The van der Waals surface area contributed by atoms with E-state index in [0.29, 0.717) is 30.3 Å². The van der Waals surface area contributed by atoms with Crippen molar-refractivity contribution in [1.29, 1.82) is 0 Å². The van der Waals surface area contributed by atoms with Crippen LogP contribution in [0.2, 0.25) is 0 Å². The standard InChI is InChI=1S/C20H21N5O4/c1-14(25-23-19(22-24-25)15-6-3-2-4-7-15)20(28)21-16-9-11-17(12-10-16)29-13-5-8-18(26)27/h2-4,6-7,9-12,14H,5,8,13H2,1H3,(H,21,28)(H,26,27). The van der Waals surface area contributed by atoms with Crippen LogP contribution in [0.25, 0.3) is 11.4 Å². The fourth-order valence-corrected chi connectivity index (χ4v) is 2.49. The zero-order chi connectivity index (χ0) is 20.6. The first-order valence-corrected chi connectivity index (χ1v) is 9.13. The van der Waals surface area contributed by atoms with Crippen LogP contribution >= 0.6 is 0 Å². The number of nitrogens with one attached hydrogen (secondary N) is 1. The quantitative estimate of drug-likeness (QED) is 0.535. The van der Waals surface area contributed by atoms with Crippen molar-refractivity contribution in [3.63, 3.8) is 0 Å². The monoisotopic (exact) mass is 395 g/mol. The molecule has 0 radical (unpaired) electrons. The lowest BCUT2D eigenvalue weighted by Crippen LogP contribution is -2.25. The van der Waals surface area contributed by atoms with Crippen LogP contribution in [0, 0.1) is 0 Å². The summed E-state index contributed by atoms with van der Waals surface area (Å²) in [6.45, 7) is 2.00. The van der Waals surface area contributed by atoms with E-state index in [2.05, 4.69) is 20.7 Å². The normalized spacial score (nSPS) is 11.6. The van der Waals surface area contributed by atoms with E-state index in [1.165, 1.54) is 4.80 Å². The molecule has 1 heterocycles. The molecule has 1 atom stereocenters. The summed E-state index contributed by atoms with van der Waals surface area (Å²) < 4.78 is 5.47. The molecule has 9 nitrogen and oxygen atoms in total. The first-order valence-electron chi connectivity index (χ1n) is 9.13. The number of aromatic nitrogens is 4. The molecular formula is C20H21N5O4. The number of ether oxygens (including phenoxy) is 1. The Bertz CT molecular complexity index is 957. The second-order valence-corrected chi connectivity index (χ2v) is 6.33. The summed E-state index contributed by atoms with van der Waals surface area (Å²) in [5, 5.41) is 23.7. The van der Waals surface area contributed by atoms with Gasteiger partial charge in [-0.3, -0.25) is 9.59 Å². The molecule has 0 saturated carbocycles. The lowest BCUT2D eigenvalue weighted by Gasteiger charge is -2.11. The number of tetrazole rings is 1. The van der Waals surface area contributed by atoms with Gasteiger partial charge in [-0.2, -0.15) is 4.80 Å². The van der Waals surface area contributed by atoms with Crippen LogP contribution in [-0.4, -0.2) is 43.8 Å². The van der Waals surface area contributed by atoms with Gasteiger partial charge in [0.05, 0.1) is 6.61 Å². The second kappa shape index (κ2) is 9.45. The molecule has 29 heavy (non-hydrogen) atoms. The smallest absolute Gasteiger partial charge is 0.303 e.